The Morgan fingerprint density at radius 3 is 1.03 bits per heavy atom. The molecular formula is C32H21N3. The maximum atomic E-state index is 9.05. The molecule has 0 spiro atoms. The van der Waals surface area contributed by atoms with E-state index in [9.17, 15) is 0 Å². The zero-order valence-electron chi connectivity index (χ0n) is 19.0. The lowest BCUT2D eigenvalue weighted by Gasteiger charge is -2.26. The lowest BCUT2D eigenvalue weighted by Crippen LogP contribution is -2.09. The first kappa shape index (κ1) is 21.7. The Balaban J connectivity index is 1.48. The summed E-state index contributed by atoms with van der Waals surface area (Å²) >= 11 is 0. The minimum absolute atomic E-state index is 0.657. The topological polar surface area (TPSA) is 50.8 Å². The summed E-state index contributed by atoms with van der Waals surface area (Å²) in [5.41, 5.74) is 8.85. The highest BCUT2D eigenvalue weighted by atomic mass is 15.1. The molecule has 35 heavy (non-hydrogen) atoms. The Morgan fingerprint density at radius 2 is 0.686 bits per heavy atom. The van der Waals surface area contributed by atoms with Gasteiger partial charge in [0.2, 0.25) is 0 Å². The van der Waals surface area contributed by atoms with Crippen LogP contribution in [0.2, 0.25) is 0 Å². The van der Waals surface area contributed by atoms with E-state index in [-0.39, 0.29) is 0 Å². The molecule has 3 heteroatoms. The van der Waals surface area contributed by atoms with Gasteiger partial charge in [0.1, 0.15) is 0 Å². The number of anilines is 3. The molecule has 0 atom stereocenters. The minimum atomic E-state index is 0.657. The van der Waals surface area contributed by atoms with E-state index in [0.29, 0.717) is 11.1 Å². The van der Waals surface area contributed by atoms with Gasteiger partial charge in [0, 0.05) is 17.1 Å². The third kappa shape index (κ3) is 4.67. The first-order valence-electron chi connectivity index (χ1n) is 11.3. The van der Waals surface area contributed by atoms with Crippen molar-refractivity contribution in [3.05, 3.63) is 139 Å². The highest BCUT2D eigenvalue weighted by molar-refractivity contribution is 5.79. The molecule has 0 saturated heterocycles. The van der Waals surface area contributed by atoms with Crippen molar-refractivity contribution in [3.8, 4) is 34.4 Å². The van der Waals surface area contributed by atoms with Gasteiger partial charge in [0.05, 0.1) is 23.3 Å². The molecule has 3 nitrogen and oxygen atoms in total. The van der Waals surface area contributed by atoms with Crippen molar-refractivity contribution in [2.75, 3.05) is 4.90 Å². The van der Waals surface area contributed by atoms with Crippen LogP contribution >= 0.6 is 0 Å². The van der Waals surface area contributed by atoms with E-state index >= 15 is 0 Å². The molecule has 5 aromatic rings. The van der Waals surface area contributed by atoms with E-state index in [1.165, 1.54) is 0 Å². The SMILES string of the molecule is N#Cc1ccc(-c2ccc(N(c3ccccc3)c3ccc(-c4ccc(C#N)cc4)cc3)cc2)cc1. The zero-order chi connectivity index (χ0) is 24.0. The maximum absolute atomic E-state index is 9.05. The summed E-state index contributed by atoms with van der Waals surface area (Å²) in [6, 6.07) is 46.8. The molecule has 0 bridgehead atoms. The quantitative estimate of drug-likeness (QED) is 0.273. The van der Waals surface area contributed by atoms with Crippen LogP contribution in [-0.4, -0.2) is 0 Å². The zero-order valence-corrected chi connectivity index (χ0v) is 19.0. The molecule has 0 amide bonds. The van der Waals surface area contributed by atoms with Crippen LogP contribution in [0.15, 0.2) is 127 Å². The third-order valence-electron chi connectivity index (χ3n) is 5.96. The monoisotopic (exact) mass is 447 g/mol. The summed E-state index contributed by atoms with van der Waals surface area (Å²) in [7, 11) is 0. The summed E-state index contributed by atoms with van der Waals surface area (Å²) in [4.78, 5) is 2.23. The molecule has 5 aromatic carbocycles. The van der Waals surface area contributed by atoms with E-state index in [1.807, 2.05) is 66.7 Å². The fourth-order valence-corrected chi connectivity index (χ4v) is 4.10. The molecule has 0 N–H and O–H groups in total. The normalized spacial score (nSPS) is 10.2. The second-order valence-corrected chi connectivity index (χ2v) is 8.14. The standard InChI is InChI=1S/C32H21N3/c33-22-24-6-10-26(11-7-24)28-14-18-31(19-15-28)35(30-4-2-1-3-5-30)32-20-16-29(17-21-32)27-12-8-25(23-34)9-13-27/h1-21H. The first-order chi connectivity index (χ1) is 17.2. The van der Waals surface area contributed by atoms with Crippen molar-refractivity contribution < 1.29 is 0 Å². The van der Waals surface area contributed by atoms with Crippen molar-refractivity contribution in [1.29, 1.82) is 10.5 Å². The van der Waals surface area contributed by atoms with E-state index < -0.39 is 0 Å². The minimum Gasteiger partial charge on any atom is -0.311 e. The highest BCUT2D eigenvalue weighted by Gasteiger charge is 2.13. The average Bonchev–Trinajstić information content (AvgIpc) is 2.95. The molecule has 0 aliphatic rings. The summed E-state index contributed by atoms with van der Waals surface area (Å²) in [5, 5.41) is 18.1. The lowest BCUT2D eigenvalue weighted by molar-refractivity contribution is 1.28. The average molecular weight is 448 g/mol. The van der Waals surface area contributed by atoms with Crippen LogP contribution < -0.4 is 4.90 Å². The molecule has 0 radical (unpaired) electrons. The van der Waals surface area contributed by atoms with Crippen LogP contribution in [0.5, 0.6) is 0 Å². The molecule has 0 heterocycles. The second kappa shape index (κ2) is 9.79. The van der Waals surface area contributed by atoms with Gasteiger partial charge < -0.3 is 4.90 Å². The van der Waals surface area contributed by atoms with E-state index in [4.69, 9.17) is 10.5 Å². The molecule has 0 saturated carbocycles. The predicted octanol–water partition coefficient (Wildman–Crippen LogP) is 8.23. The second-order valence-electron chi connectivity index (χ2n) is 8.14. The third-order valence-corrected chi connectivity index (χ3v) is 5.96. The highest BCUT2D eigenvalue weighted by Crippen LogP contribution is 2.36. The number of nitriles is 2. The van der Waals surface area contributed by atoms with Gasteiger partial charge in [-0.15, -0.1) is 0 Å². The fourth-order valence-electron chi connectivity index (χ4n) is 4.10. The molecule has 0 unspecified atom stereocenters. The number of rotatable bonds is 5. The van der Waals surface area contributed by atoms with Crippen LogP contribution in [0.25, 0.3) is 22.3 Å². The number of para-hydroxylation sites is 1. The van der Waals surface area contributed by atoms with Gasteiger partial charge >= 0.3 is 0 Å². The number of hydrogen-bond donors (Lipinski definition) is 0. The van der Waals surface area contributed by atoms with Crippen LogP contribution in [-0.2, 0) is 0 Å². The molecular weight excluding hydrogens is 426 g/mol. The van der Waals surface area contributed by atoms with Crippen molar-refractivity contribution in [1.82, 2.24) is 0 Å². The molecule has 0 aliphatic heterocycles. The summed E-state index contributed by atoms with van der Waals surface area (Å²) in [6.45, 7) is 0. The van der Waals surface area contributed by atoms with Crippen LogP contribution in [0.3, 0.4) is 0 Å². The van der Waals surface area contributed by atoms with Crippen molar-refractivity contribution >= 4 is 17.1 Å². The maximum Gasteiger partial charge on any atom is 0.0991 e. The van der Waals surface area contributed by atoms with Crippen LogP contribution in [0.4, 0.5) is 17.1 Å². The number of nitrogens with zero attached hydrogens (tertiary/aromatic N) is 3. The Morgan fingerprint density at radius 1 is 0.371 bits per heavy atom. The summed E-state index contributed by atoms with van der Waals surface area (Å²) in [6.07, 6.45) is 0. The van der Waals surface area contributed by atoms with Crippen LogP contribution in [0.1, 0.15) is 11.1 Å². The Hall–Kier alpha value is -5.12. The Labute approximate surface area is 205 Å². The molecule has 0 aliphatic carbocycles. The van der Waals surface area contributed by atoms with Crippen molar-refractivity contribution in [2.24, 2.45) is 0 Å². The van der Waals surface area contributed by atoms with Gasteiger partial charge in [-0.3, -0.25) is 0 Å². The fraction of sp³-hybridized carbons (Fsp3) is 0. The van der Waals surface area contributed by atoms with Crippen LogP contribution in [0, 0.1) is 22.7 Å². The van der Waals surface area contributed by atoms with Gasteiger partial charge in [0.15, 0.2) is 0 Å². The largest absolute Gasteiger partial charge is 0.311 e. The molecule has 0 fully saturated rings. The predicted molar refractivity (Wildman–Crippen MR) is 141 cm³/mol. The van der Waals surface area contributed by atoms with Gasteiger partial charge in [-0.25, -0.2) is 0 Å². The lowest BCUT2D eigenvalue weighted by atomic mass is 10.0. The summed E-state index contributed by atoms with van der Waals surface area (Å²) < 4.78 is 0. The van der Waals surface area contributed by atoms with Gasteiger partial charge in [-0.2, -0.15) is 10.5 Å². The molecule has 0 aromatic heterocycles. The number of benzene rings is 5. The first-order valence-corrected chi connectivity index (χ1v) is 11.3. The van der Waals surface area contributed by atoms with Gasteiger partial charge in [-0.05, 0) is 82.9 Å². The van der Waals surface area contributed by atoms with Gasteiger partial charge in [0.25, 0.3) is 0 Å². The smallest absolute Gasteiger partial charge is 0.0991 e. The number of hydrogen-bond acceptors (Lipinski definition) is 3. The molecule has 5 rings (SSSR count). The Bertz CT molecular complexity index is 1400. The van der Waals surface area contributed by atoms with Gasteiger partial charge in [-0.1, -0.05) is 66.7 Å². The summed E-state index contributed by atoms with van der Waals surface area (Å²) in [5.74, 6) is 0. The Kier molecular flexibility index (Phi) is 6.07. The molecule has 164 valence electrons. The van der Waals surface area contributed by atoms with E-state index in [1.54, 1.807) is 0 Å². The van der Waals surface area contributed by atoms with Crippen molar-refractivity contribution in [2.45, 2.75) is 0 Å². The van der Waals surface area contributed by atoms with E-state index in [0.717, 1.165) is 39.3 Å². The van der Waals surface area contributed by atoms with E-state index in [2.05, 4.69) is 77.7 Å². The van der Waals surface area contributed by atoms with Crippen molar-refractivity contribution in [3.63, 3.8) is 0 Å².